The summed E-state index contributed by atoms with van der Waals surface area (Å²) in [5.41, 5.74) is 3.12. The number of halogens is 4. The van der Waals surface area contributed by atoms with Crippen molar-refractivity contribution in [2.75, 3.05) is 18.0 Å². The van der Waals surface area contributed by atoms with Crippen LogP contribution < -0.4 is 4.90 Å². The summed E-state index contributed by atoms with van der Waals surface area (Å²) in [6, 6.07) is 2.13. The molecule has 0 aliphatic carbocycles. The third-order valence-electron chi connectivity index (χ3n) is 5.37. The minimum Gasteiger partial charge on any atom is -0.475 e. The van der Waals surface area contributed by atoms with Gasteiger partial charge in [0.1, 0.15) is 17.0 Å². The molecule has 1 fully saturated rings. The standard InChI is InChI=1S/C19H21ClN8OS.C2HF3O2/c1-4-12-15(20)14-16(22-12)23-19(24-18(14)27-7-10(29)8-27)30-11-5-13-17(21-6-11)28(9(2)3)26-25-13;3-2(4,5)1(6)7/h5-6,9-10,29H,4,7-8H2,1-3H3,(H,22,23,24);(H,6,7). The topological polar surface area (TPSA) is 146 Å². The molecule has 198 valence electrons. The summed E-state index contributed by atoms with van der Waals surface area (Å²) in [6.07, 6.45) is -2.87. The number of nitrogens with zero attached hydrogens (tertiary/aromatic N) is 7. The van der Waals surface area contributed by atoms with Crippen LogP contribution in [0.1, 0.15) is 32.5 Å². The highest BCUT2D eigenvalue weighted by molar-refractivity contribution is 7.99. The van der Waals surface area contributed by atoms with E-state index in [4.69, 9.17) is 26.5 Å². The van der Waals surface area contributed by atoms with Crippen LogP contribution in [0, 0.1) is 0 Å². The van der Waals surface area contributed by atoms with E-state index in [1.54, 1.807) is 10.9 Å². The molecule has 0 spiro atoms. The highest BCUT2D eigenvalue weighted by Gasteiger charge is 2.38. The van der Waals surface area contributed by atoms with E-state index in [9.17, 15) is 18.3 Å². The van der Waals surface area contributed by atoms with Gasteiger partial charge in [-0.1, -0.05) is 23.7 Å². The van der Waals surface area contributed by atoms with Gasteiger partial charge in [-0.2, -0.15) is 13.2 Å². The third kappa shape index (κ3) is 5.57. The number of nitrogens with one attached hydrogen (secondary N) is 1. The lowest BCUT2D eigenvalue weighted by molar-refractivity contribution is -0.192. The number of aliphatic hydroxyl groups excluding tert-OH is 1. The number of pyridine rings is 1. The van der Waals surface area contributed by atoms with Crippen molar-refractivity contribution < 1.29 is 28.2 Å². The number of aryl methyl sites for hydroxylation is 1. The van der Waals surface area contributed by atoms with E-state index in [1.807, 2.05) is 31.7 Å². The number of aromatic nitrogens is 7. The zero-order chi connectivity index (χ0) is 27.1. The van der Waals surface area contributed by atoms with Gasteiger partial charge < -0.3 is 20.1 Å². The van der Waals surface area contributed by atoms with Gasteiger partial charge in [-0.05, 0) is 38.1 Å². The van der Waals surface area contributed by atoms with Crippen LogP contribution in [0.4, 0.5) is 19.0 Å². The number of alkyl halides is 3. The zero-order valence-corrected chi connectivity index (χ0v) is 21.4. The summed E-state index contributed by atoms with van der Waals surface area (Å²) in [7, 11) is 0. The van der Waals surface area contributed by atoms with Crippen molar-refractivity contribution in [3.8, 4) is 0 Å². The molecule has 11 nitrogen and oxygen atoms in total. The maximum absolute atomic E-state index is 10.6. The van der Waals surface area contributed by atoms with Gasteiger partial charge in [0, 0.05) is 29.9 Å². The molecule has 0 unspecified atom stereocenters. The molecule has 5 heterocycles. The molecule has 4 aromatic heterocycles. The van der Waals surface area contributed by atoms with E-state index in [0.29, 0.717) is 28.9 Å². The second-order valence-electron chi connectivity index (χ2n) is 8.43. The summed E-state index contributed by atoms with van der Waals surface area (Å²) in [5.74, 6) is -2.01. The van der Waals surface area contributed by atoms with Gasteiger partial charge in [-0.3, -0.25) is 0 Å². The number of aliphatic hydroxyl groups is 1. The fraction of sp³-hybridized carbons (Fsp3) is 0.429. The van der Waals surface area contributed by atoms with Crippen LogP contribution in [0.5, 0.6) is 0 Å². The Balaban J connectivity index is 0.000000405. The maximum atomic E-state index is 10.6. The summed E-state index contributed by atoms with van der Waals surface area (Å²) in [5, 5.41) is 27.3. The van der Waals surface area contributed by atoms with Crippen LogP contribution in [-0.4, -0.2) is 76.5 Å². The van der Waals surface area contributed by atoms with Crippen molar-refractivity contribution in [3.05, 3.63) is 23.0 Å². The second-order valence-corrected chi connectivity index (χ2v) is 9.85. The summed E-state index contributed by atoms with van der Waals surface area (Å²) < 4.78 is 33.5. The monoisotopic (exact) mass is 558 g/mol. The smallest absolute Gasteiger partial charge is 0.475 e. The van der Waals surface area contributed by atoms with Crippen molar-refractivity contribution >= 4 is 57.3 Å². The highest BCUT2D eigenvalue weighted by atomic mass is 35.5. The molecule has 0 bridgehead atoms. The van der Waals surface area contributed by atoms with Crippen molar-refractivity contribution in [1.29, 1.82) is 0 Å². The van der Waals surface area contributed by atoms with Crippen LogP contribution in [-0.2, 0) is 11.2 Å². The van der Waals surface area contributed by atoms with Gasteiger partial charge in [-0.15, -0.1) is 5.10 Å². The molecule has 0 saturated carbocycles. The van der Waals surface area contributed by atoms with Crippen LogP contribution in [0.3, 0.4) is 0 Å². The summed E-state index contributed by atoms with van der Waals surface area (Å²) in [6.45, 7) is 7.19. The number of fused-ring (bicyclic) bond motifs is 2. The lowest BCUT2D eigenvalue weighted by Gasteiger charge is -2.37. The van der Waals surface area contributed by atoms with Crippen molar-refractivity contribution in [2.24, 2.45) is 0 Å². The number of aliphatic carboxylic acids is 1. The van der Waals surface area contributed by atoms with Gasteiger partial charge in [0.2, 0.25) is 0 Å². The first-order valence-electron chi connectivity index (χ1n) is 11.1. The molecule has 0 radical (unpaired) electrons. The Kier molecular flexibility index (Phi) is 7.48. The molecule has 1 aliphatic rings. The largest absolute Gasteiger partial charge is 0.490 e. The van der Waals surface area contributed by atoms with Crippen molar-refractivity contribution in [3.63, 3.8) is 0 Å². The molecule has 3 N–H and O–H groups in total. The molecule has 4 aromatic rings. The lowest BCUT2D eigenvalue weighted by Crippen LogP contribution is -2.51. The van der Waals surface area contributed by atoms with E-state index in [-0.39, 0.29) is 12.1 Å². The number of β-amino-alcohol motifs (C(OH)–C–C–N with tert-alkyl or cyclic N) is 1. The number of rotatable bonds is 5. The quantitative estimate of drug-likeness (QED) is 0.309. The van der Waals surface area contributed by atoms with Crippen molar-refractivity contribution in [2.45, 2.75) is 55.6 Å². The number of carboxylic acid groups (broad SMARTS) is 1. The molecule has 16 heteroatoms. The summed E-state index contributed by atoms with van der Waals surface area (Å²) >= 11 is 8.01. The SMILES string of the molecule is CCc1[nH]c2nc(Sc3cnc4c(c3)nnn4C(C)C)nc(N3CC(O)C3)c2c1Cl.O=C(O)C(F)(F)F. The lowest BCUT2D eigenvalue weighted by atomic mass is 10.1. The zero-order valence-electron chi connectivity index (χ0n) is 19.8. The van der Waals surface area contributed by atoms with Gasteiger partial charge in [0.25, 0.3) is 0 Å². The Bertz CT molecular complexity index is 1450. The number of carboxylic acids is 1. The predicted octanol–water partition coefficient (Wildman–Crippen LogP) is 3.86. The second kappa shape index (κ2) is 10.3. The highest BCUT2D eigenvalue weighted by Crippen LogP contribution is 2.38. The number of aromatic amines is 1. The number of anilines is 1. The Morgan fingerprint density at radius 3 is 2.57 bits per heavy atom. The molecule has 0 atom stereocenters. The maximum Gasteiger partial charge on any atom is 0.490 e. The van der Waals surface area contributed by atoms with Crippen LogP contribution in [0.2, 0.25) is 5.02 Å². The first-order valence-corrected chi connectivity index (χ1v) is 12.3. The molecule has 1 aliphatic heterocycles. The minimum absolute atomic E-state index is 0.187. The molecule has 0 aromatic carbocycles. The number of hydrogen-bond donors (Lipinski definition) is 3. The predicted molar refractivity (Wildman–Crippen MR) is 130 cm³/mol. The molecule has 37 heavy (non-hydrogen) atoms. The first-order chi connectivity index (χ1) is 17.4. The minimum atomic E-state index is -5.08. The van der Waals surface area contributed by atoms with Gasteiger partial charge in [-0.25, -0.2) is 24.4 Å². The average molecular weight is 559 g/mol. The van der Waals surface area contributed by atoms with E-state index in [0.717, 1.165) is 39.4 Å². The number of hydrogen-bond acceptors (Lipinski definition) is 9. The van der Waals surface area contributed by atoms with Crippen LogP contribution in [0.15, 0.2) is 22.3 Å². The molecular weight excluding hydrogens is 537 g/mol. The van der Waals surface area contributed by atoms with E-state index >= 15 is 0 Å². The van der Waals surface area contributed by atoms with Gasteiger partial charge >= 0.3 is 12.1 Å². The van der Waals surface area contributed by atoms with E-state index in [1.165, 1.54) is 11.8 Å². The fourth-order valence-electron chi connectivity index (χ4n) is 3.54. The number of H-pyrrole nitrogens is 1. The van der Waals surface area contributed by atoms with E-state index in [2.05, 4.69) is 25.3 Å². The normalized spacial score (nSPS) is 14.2. The van der Waals surface area contributed by atoms with Crippen molar-refractivity contribution in [1.82, 2.24) is 34.9 Å². The molecule has 0 amide bonds. The molecule has 1 saturated heterocycles. The Morgan fingerprint density at radius 1 is 1.32 bits per heavy atom. The molecular formula is C21H22ClF3N8O3S. The first kappa shape index (κ1) is 26.9. The Morgan fingerprint density at radius 2 is 2.00 bits per heavy atom. The van der Waals surface area contributed by atoms with Gasteiger partial charge in [0.05, 0.1) is 22.6 Å². The Labute approximate surface area is 217 Å². The molecule has 5 rings (SSSR count). The number of carbonyl (C=O) groups is 1. The average Bonchev–Trinajstić information content (AvgIpc) is 3.37. The van der Waals surface area contributed by atoms with Crippen LogP contribution >= 0.6 is 23.4 Å². The summed E-state index contributed by atoms with van der Waals surface area (Å²) in [4.78, 5) is 29.1. The van der Waals surface area contributed by atoms with E-state index < -0.39 is 12.1 Å². The van der Waals surface area contributed by atoms with Gasteiger partial charge in [0.15, 0.2) is 10.8 Å². The fourth-order valence-corrected chi connectivity index (χ4v) is 4.65. The third-order valence-corrected chi connectivity index (χ3v) is 6.61. The van der Waals surface area contributed by atoms with Crippen LogP contribution in [0.25, 0.3) is 22.2 Å². The Hall–Kier alpha value is -3.17.